The number of hydrogen-bond acceptors (Lipinski definition) is 3. The van der Waals surface area contributed by atoms with Crippen molar-refractivity contribution in [3.63, 3.8) is 0 Å². The molecule has 2 rings (SSSR count). The Bertz CT molecular complexity index is 395. The van der Waals surface area contributed by atoms with Gasteiger partial charge in [-0.1, -0.05) is 25.7 Å². The van der Waals surface area contributed by atoms with Gasteiger partial charge in [-0.05, 0) is 40.5 Å². The quantitative estimate of drug-likeness (QED) is 0.806. The Labute approximate surface area is 122 Å². The van der Waals surface area contributed by atoms with Crippen LogP contribution in [0.2, 0.25) is 0 Å². The van der Waals surface area contributed by atoms with Crippen LogP contribution in [0.3, 0.4) is 0 Å². The second kappa shape index (κ2) is 6.36. The molecule has 3 heteroatoms. The first-order valence-corrected chi connectivity index (χ1v) is 8.48. The number of hydrogen-bond donors (Lipinski definition) is 1. The molecule has 1 fully saturated rings. The summed E-state index contributed by atoms with van der Waals surface area (Å²) in [4.78, 5) is 6.28. The number of rotatable bonds is 3. The standard InChI is InChI=1S/C16H28N2S/c1-12-14(11-17-16(2,3)4)19-15(18-12)13-9-7-5-6-8-10-13/h13,17H,5-11H2,1-4H3. The molecule has 2 nitrogen and oxygen atoms in total. The van der Waals surface area contributed by atoms with E-state index in [4.69, 9.17) is 4.98 Å². The molecule has 1 saturated carbocycles. The normalized spacial score (nSPS) is 18.5. The van der Waals surface area contributed by atoms with Crippen LogP contribution in [0.1, 0.15) is 80.8 Å². The highest BCUT2D eigenvalue weighted by atomic mass is 32.1. The molecule has 108 valence electrons. The van der Waals surface area contributed by atoms with Gasteiger partial charge in [0.25, 0.3) is 0 Å². The Morgan fingerprint density at radius 2 is 1.79 bits per heavy atom. The average Bonchev–Trinajstić information content (AvgIpc) is 2.54. The molecule has 1 heterocycles. The smallest absolute Gasteiger partial charge is 0.0962 e. The average molecular weight is 280 g/mol. The Kier molecular flexibility index (Phi) is 5.02. The van der Waals surface area contributed by atoms with Gasteiger partial charge in [0.15, 0.2) is 0 Å². The monoisotopic (exact) mass is 280 g/mol. The molecule has 0 radical (unpaired) electrons. The predicted molar refractivity (Wildman–Crippen MR) is 83.9 cm³/mol. The molecule has 0 saturated heterocycles. The summed E-state index contributed by atoms with van der Waals surface area (Å²) >= 11 is 1.94. The summed E-state index contributed by atoms with van der Waals surface area (Å²) in [7, 11) is 0. The van der Waals surface area contributed by atoms with Crippen molar-refractivity contribution in [3.8, 4) is 0 Å². The fourth-order valence-corrected chi connectivity index (χ4v) is 3.84. The lowest BCUT2D eigenvalue weighted by Crippen LogP contribution is -2.34. The maximum Gasteiger partial charge on any atom is 0.0962 e. The molecule has 19 heavy (non-hydrogen) atoms. The summed E-state index contributed by atoms with van der Waals surface area (Å²) < 4.78 is 0. The lowest BCUT2D eigenvalue weighted by Gasteiger charge is -2.19. The molecule has 1 aliphatic carbocycles. The van der Waals surface area contributed by atoms with Gasteiger partial charge in [0.05, 0.1) is 10.7 Å². The van der Waals surface area contributed by atoms with Crippen molar-refractivity contribution in [3.05, 3.63) is 15.6 Å². The zero-order valence-corrected chi connectivity index (χ0v) is 13.7. The van der Waals surface area contributed by atoms with Gasteiger partial charge < -0.3 is 5.32 Å². The SMILES string of the molecule is Cc1nc(C2CCCCCC2)sc1CNC(C)(C)C. The second-order valence-electron chi connectivity index (χ2n) is 6.85. The van der Waals surface area contributed by atoms with Crippen LogP contribution < -0.4 is 5.32 Å². The lowest BCUT2D eigenvalue weighted by atomic mass is 10.0. The highest BCUT2D eigenvalue weighted by Crippen LogP contribution is 2.35. The van der Waals surface area contributed by atoms with Gasteiger partial charge in [-0.15, -0.1) is 11.3 Å². The van der Waals surface area contributed by atoms with E-state index in [1.807, 2.05) is 11.3 Å². The molecular formula is C16H28N2S. The summed E-state index contributed by atoms with van der Waals surface area (Å²) in [6, 6.07) is 0. The first-order valence-electron chi connectivity index (χ1n) is 7.67. The van der Waals surface area contributed by atoms with E-state index in [1.165, 1.54) is 54.1 Å². The molecule has 0 spiro atoms. The van der Waals surface area contributed by atoms with Crippen LogP contribution in [0.25, 0.3) is 0 Å². The first kappa shape index (κ1) is 15.0. The molecule has 0 atom stereocenters. The van der Waals surface area contributed by atoms with E-state index in [0.717, 1.165) is 12.5 Å². The number of aromatic nitrogens is 1. The van der Waals surface area contributed by atoms with Crippen LogP contribution in [-0.4, -0.2) is 10.5 Å². The number of thiazole rings is 1. The topological polar surface area (TPSA) is 24.9 Å². The summed E-state index contributed by atoms with van der Waals surface area (Å²) in [5.74, 6) is 0.731. The van der Waals surface area contributed by atoms with Crippen molar-refractivity contribution in [1.82, 2.24) is 10.3 Å². The molecular weight excluding hydrogens is 252 g/mol. The highest BCUT2D eigenvalue weighted by Gasteiger charge is 2.20. The van der Waals surface area contributed by atoms with Crippen LogP contribution in [-0.2, 0) is 6.54 Å². The van der Waals surface area contributed by atoms with Crippen molar-refractivity contribution in [1.29, 1.82) is 0 Å². The van der Waals surface area contributed by atoms with Crippen LogP contribution in [0, 0.1) is 6.92 Å². The molecule has 1 aromatic rings. The van der Waals surface area contributed by atoms with E-state index >= 15 is 0 Å². The van der Waals surface area contributed by atoms with Crippen LogP contribution in [0.4, 0.5) is 0 Å². The minimum absolute atomic E-state index is 0.179. The first-order chi connectivity index (χ1) is 8.96. The fourth-order valence-electron chi connectivity index (χ4n) is 2.66. The van der Waals surface area contributed by atoms with Crippen LogP contribution >= 0.6 is 11.3 Å². The third kappa shape index (κ3) is 4.57. The van der Waals surface area contributed by atoms with Crippen molar-refractivity contribution in [2.75, 3.05) is 0 Å². The van der Waals surface area contributed by atoms with Gasteiger partial charge >= 0.3 is 0 Å². The minimum atomic E-state index is 0.179. The number of nitrogens with one attached hydrogen (secondary N) is 1. The van der Waals surface area contributed by atoms with Crippen LogP contribution in [0.15, 0.2) is 0 Å². The molecule has 1 aromatic heterocycles. The number of nitrogens with zero attached hydrogens (tertiary/aromatic N) is 1. The van der Waals surface area contributed by atoms with Crippen molar-refractivity contribution >= 4 is 11.3 Å². The van der Waals surface area contributed by atoms with Crippen molar-refractivity contribution in [2.45, 2.75) is 84.2 Å². The molecule has 0 aromatic carbocycles. The summed E-state index contributed by atoms with van der Waals surface area (Å²) in [6.07, 6.45) is 8.30. The van der Waals surface area contributed by atoms with Crippen molar-refractivity contribution in [2.24, 2.45) is 0 Å². The van der Waals surface area contributed by atoms with E-state index in [-0.39, 0.29) is 5.54 Å². The van der Waals surface area contributed by atoms with Crippen LogP contribution in [0.5, 0.6) is 0 Å². The predicted octanol–water partition coefficient (Wildman–Crippen LogP) is 4.78. The lowest BCUT2D eigenvalue weighted by molar-refractivity contribution is 0.425. The molecule has 0 aliphatic heterocycles. The van der Waals surface area contributed by atoms with Gasteiger partial charge in [-0.25, -0.2) is 4.98 Å². The summed E-state index contributed by atoms with van der Waals surface area (Å²) in [6.45, 7) is 9.77. The van der Waals surface area contributed by atoms with Gasteiger partial charge in [0.2, 0.25) is 0 Å². The molecule has 1 aliphatic rings. The second-order valence-corrected chi connectivity index (χ2v) is 7.97. The molecule has 1 N–H and O–H groups in total. The largest absolute Gasteiger partial charge is 0.307 e. The fraction of sp³-hybridized carbons (Fsp3) is 0.812. The minimum Gasteiger partial charge on any atom is -0.307 e. The zero-order chi connectivity index (χ0) is 13.9. The zero-order valence-electron chi connectivity index (χ0n) is 12.9. The maximum atomic E-state index is 4.86. The van der Waals surface area contributed by atoms with E-state index < -0.39 is 0 Å². The summed E-state index contributed by atoms with van der Waals surface area (Å²) in [5.41, 5.74) is 1.42. The van der Waals surface area contributed by atoms with Gasteiger partial charge in [0.1, 0.15) is 0 Å². The Morgan fingerprint density at radius 3 is 2.37 bits per heavy atom. The highest BCUT2D eigenvalue weighted by molar-refractivity contribution is 7.11. The van der Waals surface area contributed by atoms with Gasteiger partial charge in [-0.2, -0.15) is 0 Å². The Balaban J connectivity index is 2.02. The molecule has 0 unspecified atom stereocenters. The van der Waals surface area contributed by atoms with E-state index in [0.29, 0.717) is 0 Å². The third-order valence-corrected chi connectivity index (χ3v) is 5.21. The van der Waals surface area contributed by atoms with Gasteiger partial charge in [-0.3, -0.25) is 0 Å². The Morgan fingerprint density at radius 1 is 1.16 bits per heavy atom. The summed E-state index contributed by atoms with van der Waals surface area (Å²) in [5, 5.41) is 4.97. The van der Waals surface area contributed by atoms with Gasteiger partial charge in [0, 0.05) is 22.9 Å². The van der Waals surface area contributed by atoms with E-state index in [1.54, 1.807) is 0 Å². The maximum absolute atomic E-state index is 4.86. The van der Waals surface area contributed by atoms with Crippen molar-refractivity contribution < 1.29 is 0 Å². The van der Waals surface area contributed by atoms with E-state index in [2.05, 4.69) is 33.0 Å². The number of aryl methyl sites for hydroxylation is 1. The Hall–Kier alpha value is -0.410. The molecule has 0 bridgehead atoms. The van der Waals surface area contributed by atoms with E-state index in [9.17, 15) is 0 Å². The third-order valence-electron chi connectivity index (χ3n) is 3.89. The molecule has 0 amide bonds.